The van der Waals surface area contributed by atoms with E-state index < -0.39 is 42.3 Å². The van der Waals surface area contributed by atoms with E-state index in [1.54, 1.807) is 11.6 Å². The summed E-state index contributed by atoms with van der Waals surface area (Å²) in [5.41, 5.74) is -0.923. The molecule has 20 heavy (non-hydrogen) atoms. The number of nitrogens with one attached hydrogen (secondary N) is 1. The van der Waals surface area contributed by atoms with E-state index in [0.717, 1.165) is 0 Å². The fourth-order valence-electron chi connectivity index (χ4n) is 1.35. The molecule has 114 valence electrons. The van der Waals surface area contributed by atoms with Crippen LogP contribution in [0.25, 0.3) is 0 Å². The molecule has 0 atom stereocenters. The molecule has 0 aliphatic rings. The second-order valence-electron chi connectivity index (χ2n) is 4.08. The van der Waals surface area contributed by atoms with Gasteiger partial charge < -0.3 is 0 Å². The van der Waals surface area contributed by atoms with Crippen LogP contribution < -0.4 is 9.86 Å². The van der Waals surface area contributed by atoms with Gasteiger partial charge in [-0.15, -0.1) is 0 Å². The van der Waals surface area contributed by atoms with Gasteiger partial charge in [-0.2, -0.15) is 0 Å². The Morgan fingerprint density at radius 1 is 1.15 bits per heavy atom. The molecule has 0 amide bonds. The van der Waals surface area contributed by atoms with E-state index in [-0.39, 0.29) is 5.75 Å². The minimum atomic E-state index is -4.28. The molecular formula is C10H14F2N2O4S2. The number of halogens is 2. The standard InChI is InChI=1S/C10H14F2N2O4S2/c1-2-3-4-19(15,16)14-10-8(11)5-7(6-9(10)12)20(13,17)18/h5-6,14H,2-4H2,1H3,(H2,13,17,18). The summed E-state index contributed by atoms with van der Waals surface area (Å²) in [7, 11) is -8.18. The first kappa shape index (κ1) is 16.8. The van der Waals surface area contributed by atoms with E-state index in [1.165, 1.54) is 0 Å². The van der Waals surface area contributed by atoms with Crippen molar-refractivity contribution in [1.82, 2.24) is 0 Å². The minimum absolute atomic E-state index is 0.292. The molecule has 0 unspecified atom stereocenters. The van der Waals surface area contributed by atoms with Crippen molar-refractivity contribution in [2.45, 2.75) is 24.7 Å². The Labute approximate surface area is 116 Å². The summed E-state index contributed by atoms with van der Waals surface area (Å²) in [6.45, 7) is 1.76. The monoisotopic (exact) mass is 328 g/mol. The predicted molar refractivity (Wildman–Crippen MR) is 70.0 cm³/mol. The zero-order valence-corrected chi connectivity index (χ0v) is 12.2. The lowest BCUT2D eigenvalue weighted by Crippen LogP contribution is -2.19. The summed E-state index contributed by atoms with van der Waals surface area (Å²) in [4.78, 5) is -0.774. The SMILES string of the molecule is CCCCS(=O)(=O)Nc1c(F)cc(S(N)(=O)=O)cc1F. The third-order valence-electron chi connectivity index (χ3n) is 2.37. The van der Waals surface area contributed by atoms with Gasteiger partial charge in [-0.25, -0.2) is 30.8 Å². The summed E-state index contributed by atoms with van der Waals surface area (Å²) >= 11 is 0. The number of nitrogens with two attached hydrogens (primary N) is 1. The maximum atomic E-state index is 13.6. The maximum absolute atomic E-state index is 13.6. The van der Waals surface area contributed by atoms with Gasteiger partial charge >= 0.3 is 0 Å². The fourth-order valence-corrected chi connectivity index (χ4v) is 3.16. The van der Waals surface area contributed by atoms with Crippen molar-refractivity contribution in [3.8, 4) is 0 Å². The van der Waals surface area contributed by atoms with Gasteiger partial charge in [0.25, 0.3) is 0 Å². The Balaban J connectivity index is 3.16. The first-order valence-corrected chi connectivity index (χ1v) is 8.79. The number of unbranched alkanes of at least 4 members (excludes halogenated alkanes) is 1. The van der Waals surface area contributed by atoms with Crippen LogP contribution in [0.3, 0.4) is 0 Å². The van der Waals surface area contributed by atoms with Crippen LogP contribution in [0.15, 0.2) is 17.0 Å². The van der Waals surface area contributed by atoms with Crippen LogP contribution in [0.1, 0.15) is 19.8 Å². The molecule has 0 fully saturated rings. The number of sulfonamides is 2. The highest BCUT2D eigenvalue weighted by Crippen LogP contribution is 2.24. The third-order valence-corrected chi connectivity index (χ3v) is 4.60. The van der Waals surface area contributed by atoms with Crippen LogP contribution in [-0.4, -0.2) is 22.6 Å². The average molecular weight is 328 g/mol. The summed E-state index contributed by atoms with van der Waals surface area (Å²) in [6, 6.07) is 0.909. The second-order valence-corrected chi connectivity index (χ2v) is 7.48. The quantitative estimate of drug-likeness (QED) is 0.817. The predicted octanol–water partition coefficient (Wildman–Crippen LogP) is 1.15. The van der Waals surface area contributed by atoms with Gasteiger partial charge in [-0.1, -0.05) is 13.3 Å². The number of primary sulfonamides is 1. The smallest absolute Gasteiger partial charge is 0.238 e. The molecule has 0 spiro atoms. The topological polar surface area (TPSA) is 106 Å². The van der Waals surface area contributed by atoms with Crippen molar-refractivity contribution in [2.24, 2.45) is 5.14 Å². The lowest BCUT2D eigenvalue weighted by molar-refractivity contribution is 0.570. The summed E-state index contributed by atoms with van der Waals surface area (Å²) < 4.78 is 74.0. The van der Waals surface area contributed by atoms with Crippen LogP contribution in [0, 0.1) is 11.6 Å². The number of hydrogen-bond acceptors (Lipinski definition) is 4. The van der Waals surface area contributed by atoms with Gasteiger partial charge in [0.1, 0.15) is 5.69 Å². The van der Waals surface area contributed by atoms with Crippen molar-refractivity contribution in [2.75, 3.05) is 10.5 Å². The molecule has 0 saturated carbocycles. The van der Waals surface area contributed by atoms with Crippen molar-refractivity contribution in [3.05, 3.63) is 23.8 Å². The van der Waals surface area contributed by atoms with Crippen LogP contribution in [0.5, 0.6) is 0 Å². The van der Waals surface area contributed by atoms with E-state index in [2.05, 4.69) is 0 Å². The Bertz CT molecular complexity index is 679. The molecule has 0 saturated heterocycles. The Hall–Kier alpha value is -1.26. The highest BCUT2D eigenvalue weighted by molar-refractivity contribution is 7.92. The number of rotatable bonds is 6. The van der Waals surface area contributed by atoms with Crippen molar-refractivity contribution in [3.63, 3.8) is 0 Å². The molecule has 0 aromatic heterocycles. The third kappa shape index (κ3) is 4.39. The second kappa shape index (κ2) is 6.02. The van der Waals surface area contributed by atoms with E-state index in [0.29, 0.717) is 25.0 Å². The molecule has 0 aliphatic heterocycles. The average Bonchev–Trinajstić information content (AvgIpc) is 2.30. The van der Waals surface area contributed by atoms with Gasteiger partial charge in [0.05, 0.1) is 10.6 Å². The molecular weight excluding hydrogens is 314 g/mol. The zero-order chi connectivity index (χ0) is 15.6. The zero-order valence-electron chi connectivity index (χ0n) is 10.6. The maximum Gasteiger partial charge on any atom is 0.238 e. The number of hydrogen-bond donors (Lipinski definition) is 2. The van der Waals surface area contributed by atoms with Gasteiger partial charge in [0, 0.05) is 0 Å². The van der Waals surface area contributed by atoms with Crippen LogP contribution in [-0.2, 0) is 20.0 Å². The molecule has 0 bridgehead atoms. The first-order valence-electron chi connectivity index (χ1n) is 5.59. The van der Waals surface area contributed by atoms with Crippen LogP contribution in [0.2, 0.25) is 0 Å². The number of benzene rings is 1. The van der Waals surface area contributed by atoms with Gasteiger partial charge in [0.15, 0.2) is 11.6 Å². The van der Waals surface area contributed by atoms with E-state index in [1.807, 2.05) is 0 Å². The first-order chi connectivity index (χ1) is 9.07. The summed E-state index contributed by atoms with van der Waals surface area (Å²) in [6.07, 6.45) is 0.921. The Morgan fingerprint density at radius 3 is 2.05 bits per heavy atom. The molecule has 10 heteroatoms. The largest absolute Gasteiger partial charge is 0.278 e. The molecule has 1 aromatic rings. The molecule has 0 heterocycles. The molecule has 1 rings (SSSR count). The van der Waals surface area contributed by atoms with Gasteiger partial charge in [-0.05, 0) is 18.6 Å². The Kier molecular flexibility index (Phi) is 5.05. The van der Waals surface area contributed by atoms with Gasteiger partial charge in [0.2, 0.25) is 20.0 Å². The highest BCUT2D eigenvalue weighted by atomic mass is 32.2. The lowest BCUT2D eigenvalue weighted by atomic mass is 10.3. The summed E-state index contributed by atoms with van der Waals surface area (Å²) in [5, 5.41) is 4.74. The van der Waals surface area contributed by atoms with E-state index >= 15 is 0 Å². The fraction of sp³-hybridized carbons (Fsp3) is 0.400. The van der Waals surface area contributed by atoms with Crippen molar-refractivity contribution >= 4 is 25.7 Å². The molecule has 0 aliphatic carbocycles. The van der Waals surface area contributed by atoms with Gasteiger partial charge in [-0.3, -0.25) is 4.72 Å². The molecule has 6 nitrogen and oxygen atoms in total. The normalized spacial score (nSPS) is 12.4. The number of anilines is 1. The van der Waals surface area contributed by atoms with Crippen molar-refractivity contribution < 1.29 is 25.6 Å². The minimum Gasteiger partial charge on any atom is -0.278 e. The van der Waals surface area contributed by atoms with Crippen LogP contribution >= 0.6 is 0 Å². The summed E-state index contributed by atoms with van der Waals surface area (Å²) in [5.74, 6) is -3.00. The van der Waals surface area contributed by atoms with Crippen LogP contribution in [0.4, 0.5) is 14.5 Å². The highest BCUT2D eigenvalue weighted by Gasteiger charge is 2.20. The van der Waals surface area contributed by atoms with Crippen molar-refractivity contribution in [1.29, 1.82) is 0 Å². The molecule has 3 N–H and O–H groups in total. The van der Waals surface area contributed by atoms with E-state index in [9.17, 15) is 25.6 Å². The molecule has 0 radical (unpaired) electrons. The molecule has 1 aromatic carbocycles. The lowest BCUT2D eigenvalue weighted by Gasteiger charge is -2.10. The Morgan fingerprint density at radius 2 is 1.65 bits per heavy atom. The van der Waals surface area contributed by atoms with E-state index in [4.69, 9.17) is 5.14 Å².